The SMILES string of the molecule is CNC(C)C1CCN(CC2CCC2)CC1. The van der Waals surface area contributed by atoms with Crippen LogP contribution in [-0.4, -0.2) is 37.6 Å². The van der Waals surface area contributed by atoms with E-state index in [2.05, 4.69) is 24.2 Å². The monoisotopic (exact) mass is 210 g/mol. The van der Waals surface area contributed by atoms with Gasteiger partial charge < -0.3 is 10.2 Å². The van der Waals surface area contributed by atoms with Crippen LogP contribution in [0.4, 0.5) is 0 Å². The summed E-state index contributed by atoms with van der Waals surface area (Å²) in [5.41, 5.74) is 0. The minimum absolute atomic E-state index is 0.704. The molecular weight excluding hydrogens is 184 g/mol. The van der Waals surface area contributed by atoms with Gasteiger partial charge in [0, 0.05) is 12.6 Å². The van der Waals surface area contributed by atoms with E-state index in [0.717, 1.165) is 11.8 Å². The molecule has 1 aliphatic heterocycles. The van der Waals surface area contributed by atoms with E-state index in [1.807, 2.05) is 0 Å². The molecule has 1 atom stereocenters. The van der Waals surface area contributed by atoms with Crippen molar-refractivity contribution < 1.29 is 0 Å². The molecule has 15 heavy (non-hydrogen) atoms. The molecule has 2 nitrogen and oxygen atoms in total. The number of rotatable bonds is 4. The summed E-state index contributed by atoms with van der Waals surface area (Å²) in [5.74, 6) is 1.95. The van der Waals surface area contributed by atoms with Gasteiger partial charge in [0.25, 0.3) is 0 Å². The fraction of sp³-hybridized carbons (Fsp3) is 1.00. The molecule has 1 unspecified atom stereocenters. The van der Waals surface area contributed by atoms with Gasteiger partial charge in [-0.2, -0.15) is 0 Å². The highest BCUT2D eigenvalue weighted by Gasteiger charge is 2.26. The minimum Gasteiger partial charge on any atom is -0.317 e. The number of hydrogen-bond donors (Lipinski definition) is 1. The van der Waals surface area contributed by atoms with E-state index in [4.69, 9.17) is 0 Å². The third kappa shape index (κ3) is 2.94. The van der Waals surface area contributed by atoms with E-state index in [9.17, 15) is 0 Å². The van der Waals surface area contributed by atoms with E-state index in [1.165, 1.54) is 51.7 Å². The predicted molar refractivity (Wildman–Crippen MR) is 65.0 cm³/mol. The number of hydrogen-bond acceptors (Lipinski definition) is 2. The molecule has 0 amide bonds. The topological polar surface area (TPSA) is 15.3 Å². The second kappa shape index (κ2) is 5.31. The van der Waals surface area contributed by atoms with E-state index >= 15 is 0 Å². The van der Waals surface area contributed by atoms with Gasteiger partial charge in [-0.05, 0) is 64.6 Å². The van der Waals surface area contributed by atoms with Crippen LogP contribution in [-0.2, 0) is 0 Å². The maximum Gasteiger partial charge on any atom is 0.00649 e. The lowest BCUT2D eigenvalue weighted by Gasteiger charge is -2.38. The molecule has 1 N–H and O–H groups in total. The molecule has 0 spiro atoms. The first-order valence-electron chi connectivity index (χ1n) is 6.69. The van der Waals surface area contributed by atoms with E-state index in [0.29, 0.717) is 6.04 Å². The van der Waals surface area contributed by atoms with Crippen LogP contribution >= 0.6 is 0 Å². The van der Waals surface area contributed by atoms with Crippen molar-refractivity contribution in [3.05, 3.63) is 0 Å². The van der Waals surface area contributed by atoms with Crippen LogP contribution in [0, 0.1) is 11.8 Å². The Morgan fingerprint density at radius 3 is 2.33 bits per heavy atom. The smallest absolute Gasteiger partial charge is 0.00649 e. The Labute approximate surface area is 94.4 Å². The van der Waals surface area contributed by atoms with Crippen LogP contribution in [0.3, 0.4) is 0 Å². The number of nitrogens with zero attached hydrogens (tertiary/aromatic N) is 1. The molecule has 1 saturated heterocycles. The fourth-order valence-electron chi connectivity index (χ4n) is 2.91. The van der Waals surface area contributed by atoms with Crippen molar-refractivity contribution in [2.24, 2.45) is 11.8 Å². The summed E-state index contributed by atoms with van der Waals surface area (Å²) in [7, 11) is 2.09. The molecule has 0 bridgehead atoms. The zero-order valence-corrected chi connectivity index (χ0v) is 10.3. The Morgan fingerprint density at radius 1 is 1.20 bits per heavy atom. The van der Waals surface area contributed by atoms with Crippen LogP contribution in [0.2, 0.25) is 0 Å². The average molecular weight is 210 g/mol. The lowest BCUT2D eigenvalue weighted by molar-refractivity contribution is 0.121. The first-order valence-corrected chi connectivity index (χ1v) is 6.69. The van der Waals surface area contributed by atoms with Crippen molar-refractivity contribution in [2.45, 2.75) is 45.1 Å². The van der Waals surface area contributed by atoms with E-state index in [1.54, 1.807) is 0 Å². The van der Waals surface area contributed by atoms with Gasteiger partial charge in [-0.3, -0.25) is 0 Å². The van der Waals surface area contributed by atoms with Crippen molar-refractivity contribution in [3.63, 3.8) is 0 Å². The molecule has 0 aromatic heterocycles. The number of nitrogens with one attached hydrogen (secondary N) is 1. The number of likely N-dealkylation sites (tertiary alicyclic amines) is 1. The van der Waals surface area contributed by atoms with Gasteiger partial charge in [-0.1, -0.05) is 6.42 Å². The summed E-state index contributed by atoms with van der Waals surface area (Å²) >= 11 is 0. The van der Waals surface area contributed by atoms with Crippen LogP contribution < -0.4 is 5.32 Å². The van der Waals surface area contributed by atoms with Gasteiger partial charge in [-0.25, -0.2) is 0 Å². The molecule has 2 fully saturated rings. The van der Waals surface area contributed by atoms with Gasteiger partial charge >= 0.3 is 0 Å². The molecule has 0 aromatic carbocycles. The zero-order valence-electron chi connectivity index (χ0n) is 10.3. The zero-order chi connectivity index (χ0) is 10.7. The van der Waals surface area contributed by atoms with Crippen molar-refractivity contribution in [2.75, 3.05) is 26.7 Å². The Kier molecular flexibility index (Phi) is 4.04. The Balaban J connectivity index is 1.67. The second-order valence-electron chi connectivity index (χ2n) is 5.51. The third-order valence-corrected chi connectivity index (χ3v) is 4.54. The van der Waals surface area contributed by atoms with Gasteiger partial charge in [0.05, 0.1) is 0 Å². The normalized spacial score (nSPS) is 27.6. The first kappa shape index (κ1) is 11.4. The third-order valence-electron chi connectivity index (χ3n) is 4.54. The van der Waals surface area contributed by atoms with Crippen molar-refractivity contribution in [1.82, 2.24) is 10.2 Å². The Morgan fingerprint density at radius 2 is 1.87 bits per heavy atom. The molecule has 0 aromatic rings. The summed E-state index contributed by atoms with van der Waals surface area (Å²) < 4.78 is 0. The molecule has 1 heterocycles. The second-order valence-corrected chi connectivity index (χ2v) is 5.51. The summed E-state index contributed by atoms with van der Waals surface area (Å²) in [5, 5.41) is 3.39. The van der Waals surface area contributed by atoms with Crippen molar-refractivity contribution in [3.8, 4) is 0 Å². The molecule has 0 radical (unpaired) electrons. The fourth-order valence-corrected chi connectivity index (χ4v) is 2.91. The maximum absolute atomic E-state index is 3.39. The molecule has 2 heteroatoms. The van der Waals surface area contributed by atoms with Gasteiger partial charge in [-0.15, -0.1) is 0 Å². The predicted octanol–water partition coefficient (Wildman–Crippen LogP) is 2.11. The molecule has 1 aliphatic carbocycles. The summed E-state index contributed by atoms with van der Waals surface area (Å²) in [6.45, 7) is 6.40. The molecule has 2 aliphatic rings. The highest BCUT2D eigenvalue weighted by atomic mass is 15.1. The highest BCUT2D eigenvalue weighted by molar-refractivity contribution is 4.81. The van der Waals surface area contributed by atoms with Crippen LogP contribution in [0.5, 0.6) is 0 Å². The van der Waals surface area contributed by atoms with Gasteiger partial charge in [0.1, 0.15) is 0 Å². The van der Waals surface area contributed by atoms with Crippen molar-refractivity contribution in [1.29, 1.82) is 0 Å². The van der Waals surface area contributed by atoms with Gasteiger partial charge in [0.15, 0.2) is 0 Å². The maximum atomic E-state index is 3.39. The summed E-state index contributed by atoms with van der Waals surface area (Å²) in [6, 6.07) is 0.704. The molecule has 88 valence electrons. The first-order chi connectivity index (χ1) is 7.29. The van der Waals surface area contributed by atoms with Crippen LogP contribution in [0.25, 0.3) is 0 Å². The lowest BCUT2D eigenvalue weighted by Crippen LogP contribution is -2.43. The number of piperidine rings is 1. The standard InChI is InChI=1S/C13H26N2/c1-11(14-2)13-6-8-15(9-7-13)10-12-4-3-5-12/h11-14H,3-10H2,1-2H3. The largest absolute Gasteiger partial charge is 0.317 e. The summed E-state index contributed by atoms with van der Waals surface area (Å²) in [6.07, 6.45) is 7.26. The molecule has 1 saturated carbocycles. The summed E-state index contributed by atoms with van der Waals surface area (Å²) in [4.78, 5) is 2.70. The van der Waals surface area contributed by atoms with Crippen molar-refractivity contribution >= 4 is 0 Å². The molecular formula is C13H26N2. The van der Waals surface area contributed by atoms with E-state index in [-0.39, 0.29) is 0 Å². The Hall–Kier alpha value is -0.0800. The van der Waals surface area contributed by atoms with E-state index < -0.39 is 0 Å². The average Bonchev–Trinajstić information content (AvgIpc) is 2.23. The van der Waals surface area contributed by atoms with Gasteiger partial charge in [0.2, 0.25) is 0 Å². The highest BCUT2D eigenvalue weighted by Crippen LogP contribution is 2.29. The quantitative estimate of drug-likeness (QED) is 0.764. The van der Waals surface area contributed by atoms with Crippen LogP contribution in [0.1, 0.15) is 39.0 Å². The lowest BCUT2D eigenvalue weighted by atomic mass is 9.84. The minimum atomic E-state index is 0.704. The molecule has 2 rings (SSSR count). The Bertz CT molecular complexity index is 181. The van der Waals surface area contributed by atoms with Crippen LogP contribution in [0.15, 0.2) is 0 Å².